The minimum atomic E-state index is -0.120. The predicted octanol–water partition coefficient (Wildman–Crippen LogP) is 4.20. The summed E-state index contributed by atoms with van der Waals surface area (Å²) in [6, 6.07) is 19.1. The lowest BCUT2D eigenvalue weighted by Crippen LogP contribution is -2.31. The van der Waals surface area contributed by atoms with Gasteiger partial charge < -0.3 is 15.0 Å². The monoisotopic (exact) mass is 376 g/mol. The number of methoxy groups -OCH3 is 1. The van der Waals surface area contributed by atoms with Gasteiger partial charge in [0.05, 0.1) is 7.11 Å². The Balaban J connectivity index is 1.82. The number of ether oxygens (including phenoxy) is 1. The van der Waals surface area contributed by atoms with Crippen LogP contribution in [0.1, 0.15) is 28.8 Å². The third-order valence-corrected chi connectivity index (χ3v) is 4.28. The SMILES string of the molecule is CCN(Cc1ccccc1)C(=O)c1cc(Nc2cccc(OC)c2)nc(C)n1. The topological polar surface area (TPSA) is 67.4 Å². The van der Waals surface area contributed by atoms with E-state index in [1.165, 1.54) is 0 Å². The number of carbonyl (C=O) groups is 1. The molecular weight excluding hydrogens is 352 g/mol. The summed E-state index contributed by atoms with van der Waals surface area (Å²) in [6.07, 6.45) is 0. The number of hydrogen-bond acceptors (Lipinski definition) is 5. The van der Waals surface area contributed by atoms with Gasteiger partial charge in [0.15, 0.2) is 0 Å². The molecule has 0 aliphatic carbocycles. The van der Waals surface area contributed by atoms with Gasteiger partial charge in [-0.15, -0.1) is 0 Å². The average molecular weight is 376 g/mol. The molecule has 0 spiro atoms. The number of benzene rings is 2. The van der Waals surface area contributed by atoms with Crippen LogP contribution in [0.2, 0.25) is 0 Å². The van der Waals surface area contributed by atoms with E-state index in [1.54, 1.807) is 25.0 Å². The second-order valence-electron chi connectivity index (χ2n) is 6.35. The van der Waals surface area contributed by atoms with Crippen LogP contribution in [0, 0.1) is 6.92 Å². The molecule has 1 N–H and O–H groups in total. The molecule has 3 rings (SSSR count). The zero-order valence-corrected chi connectivity index (χ0v) is 16.3. The van der Waals surface area contributed by atoms with Crippen LogP contribution in [-0.4, -0.2) is 34.4 Å². The molecule has 6 nitrogen and oxygen atoms in total. The number of nitrogens with one attached hydrogen (secondary N) is 1. The molecule has 3 aromatic rings. The fraction of sp³-hybridized carbons (Fsp3) is 0.227. The molecule has 0 unspecified atom stereocenters. The number of aryl methyl sites for hydroxylation is 1. The molecule has 2 aromatic carbocycles. The molecule has 0 atom stereocenters. The number of hydrogen-bond donors (Lipinski definition) is 1. The Bertz CT molecular complexity index is 944. The van der Waals surface area contributed by atoms with E-state index < -0.39 is 0 Å². The second kappa shape index (κ2) is 8.99. The molecule has 1 aromatic heterocycles. The summed E-state index contributed by atoms with van der Waals surface area (Å²) in [5.74, 6) is 1.73. The van der Waals surface area contributed by atoms with E-state index >= 15 is 0 Å². The van der Waals surface area contributed by atoms with E-state index in [9.17, 15) is 4.79 Å². The number of amides is 1. The Kier molecular flexibility index (Phi) is 6.22. The van der Waals surface area contributed by atoms with Gasteiger partial charge >= 0.3 is 0 Å². The standard InChI is InChI=1S/C22H24N4O2/c1-4-26(15-17-9-6-5-7-10-17)22(27)20-14-21(24-16(2)23-20)25-18-11-8-12-19(13-18)28-3/h5-14H,4,15H2,1-3H3,(H,23,24,25). The first-order chi connectivity index (χ1) is 13.6. The van der Waals surface area contributed by atoms with E-state index in [0.29, 0.717) is 30.4 Å². The predicted molar refractivity (Wildman–Crippen MR) is 110 cm³/mol. The van der Waals surface area contributed by atoms with E-state index in [0.717, 1.165) is 17.0 Å². The van der Waals surface area contributed by atoms with E-state index in [4.69, 9.17) is 4.74 Å². The van der Waals surface area contributed by atoms with Crippen molar-refractivity contribution in [2.45, 2.75) is 20.4 Å². The van der Waals surface area contributed by atoms with Gasteiger partial charge in [-0.3, -0.25) is 4.79 Å². The Morgan fingerprint density at radius 1 is 1.07 bits per heavy atom. The first-order valence-corrected chi connectivity index (χ1v) is 9.19. The van der Waals surface area contributed by atoms with Crippen LogP contribution in [0.15, 0.2) is 60.7 Å². The molecule has 1 amide bonds. The molecular formula is C22H24N4O2. The summed E-state index contributed by atoms with van der Waals surface area (Å²) in [4.78, 5) is 23.6. The molecule has 0 bridgehead atoms. The number of nitrogens with zero attached hydrogens (tertiary/aromatic N) is 3. The molecule has 0 aliphatic heterocycles. The lowest BCUT2D eigenvalue weighted by Gasteiger charge is -2.21. The third-order valence-electron chi connectivity index (χ3n) is 4.28. The van der Waals surface area contributed by atoms with Crippen molar-refractivity contribution in [2.24, 2.45) is 0 Å². The van der Waals surface area contributed by atoms with Crippen LogP contribution < -0.4 is 10.1 Å². The molecule has 0 radical (unpaired) electrons. The van der Waals surface area contributed by atoms with Crippen molar-refractivity contribution in [3.05, 3.63) is 77.7 Å². The van der Waals surface area contributed by atoms with Gasteiger partial charge in [-0.25, -0.2) is 9.97 Å². The van der Waals surface area contributed by atoms with Gasteiger partial charge in [-0.2, -0.15) is 0 Å². The molecule has 0 saturated heterocycles. The summed E-state index contributed by atoms with van der Waals surface area (Å²) in [5, 5.41) is 3.22. The number of rotatable bonds is 7. The van der Waals surface area contributed by atoms with E-state index in [-0.39, 0.29) is 5.91 Å². The molecule has 144 valence electrons. The van der Waals surface area contributed by atoms with Gasteiger partial charge in [-0.05, 0) is 31.5 Å². The maximum atomic E-state index is 13.0. The molecule has 6 heteroatoms. The fourth-order valence-electron chi connectivity index (χ4n) is 2.88. The van der Waals surface area contributed by atoms with Crippen molar-refractivity contribution in [1.29, 1.82) is 0 Å². The average Bonchev–Trinajstić information content (AvgIpc) is 2.72. The van der Waals surface area contributed by atoms with Crippen LogP contribution in [0.25, 0.3) is 0 Å². The van der Waals surface area contributed by atoms with E-state index in [2.05, 4.69) is 15.3 Å². The van der Waals surface area contributed by atoms with Gasteiger partial charge in [0, 0.05) is 30.9 Å². The van der Waals surface area contributed by atoms with Crippen molar-refractivity contribution >= 4 is 17.4 Å². The maximum Gasteiger partial charge on any atom is 0.272 e. The summed E-state index contributed by atoms with van der Waals surface area (Å²) in [6.45, 7) is 4.87. The number of carbonyl (C=O) groups excluding carboxylic acids is 1. The first-order valence-electron chi connectivity index (χ1n) is 9.19. The van der Waals surface area contributed by atoms with Crippen molar-refractivity contribution in [3.8, 4) is 5.75 Å². The van der Waals surface area contributed by atoms with Crippen LogP contribution >= 0.6 is 0 Å². The normalized spacial score (nSPS) is 10.4. The summed E-state index contributed by atoms with van der Waals surface area (Å²) in [5.41, 5.74) is 2.28. The van der Waals surface area contributed by atoms with Crippen LogP contribution in [0.4, 0.5) is 11.5 Å². The Morgan fingerprint density at radius 2 is 1.86 bits per heavy atom. The summed E-state index contributed by atoms with van der Waals surface area (Å²) < 4.78 is 5.25. The summed E-state index contributed by atoms with van der Waals surface area (Å²) >= 11 is 0. The molecule has 0 aliphatic rings. The highest BCUT2D eigenvalue weighted by molar-refractivity contribution is 5.93. The Hall–Kier alpha value is -3.41. The largest absolute Gasteiger partial charge is 0.497 e. The Morgan fingerprint density at radius 3 is 2.57 bits per heavy atom. The summed E-state index contributed by atoms with van der Waals surface area (Å²) in [7, 11) is 1.62. The minimum Gasteiger partial charge on any atom is -0.497 e. The van der Waals surface area contributed by atoms with Gasteiger partial charge in [-0.1, -0.05) is 36.4 Å². The third kappa shape index (κ3) is 4.85. The fourth-order valence-corrected chi connectivity index (χ4v) is 2.88. The molecule has 1 heterocycles. The van der Waals surface area contributed by atoms with Crippen molar-refractivity contribution < 1.29 is 9.53 Å². The highest BCUT2D eigenvalue weighted by Gasteiger charge is 2.18. The minimum absolute atomic E-state index is 0.120. The quantitative estimate of drug-likeness (QED) is 0.669. The molecule has 28 heavy (non-hydrogen) atoms. The van der Waals surface area contributed by atoms with Crippen molar-refractivity contribution in [1.82, 2.24) is 14.9 Å². The highest BCUT2D eigenvalue weighted by atomic mass is 16.5. The highest BCUT2D eigenvalue weighted by Crippen LogP contribution is 2.21. The number of anilines is 2. The van der Waals surface area contributed by atoms with Crippen LogP contribution in [0.3, 0.4) is 0 Å². The van der Waals surface area contributed by atoms with Gasteiger partial charge in [0.2, 0.25) is 0 Å². The van der Waals surface area contributed by atoms with Crippen LogP contribution in [0.5, 0.6) is 5.75 Å². The first kappa shape index (κ1) is 19.4. The molecule has 0 fully saturated rings. The van der Waals surface area contributed by atoms with Crippen molar-refractivity contribution in [3.63, 3.8) is 0 Å². The zero-order valence-electron chi connectivity index (χ0n) is 16.3. The van der Waals surface area contributed by atoms with Crippen LogP contribution in [-0.2, 0) is 6.54 Å². The Labute approximate surface area is 165 Å². The van der Waals surface area contributed by atoms with Crippen molar-refractivity contribution in [2.75, 3.05) is 19.0 Å². The molecule has 0 saturated carbocycles. The lowest BCUT2D eigenvalue weighted by atomic mass is 10.2. The lowest BCUT2D eigenvalue weighted by molar-refractivity contribution is 0.0746. The second-order valence-corrected chi connectivity index (χ2v) is 6.35. The number of aromatic nitrogens is 2. The van der Waals surface area contributed by atoms with E-state index in [1.807, 2.05) is 61.5 Å². The maximum absolute atomic E-state index is 13.0. The van der Waals surface area contributed by atoms with Gasteiger partial charge in [0.25, 0.3) is 5.91 Å². The zero-order chi connectivity index (χ0) is 19.9. The smallest absolute Gasteiger partial charge is 0.272 e. The van der Waals surface area contributed by atoms with Gasteiger partial charge in [0.1, 0.15) is 23.1 Å².